The van der Waals surface area contributed by atoms with Crippen LogP contribution in [-0.4, -0.2) is 66.5 Å². The van der Waals surface area contributed by atoms with E-state index in [0.29, 0.717) is 0 Å². The third-order valence-corrected chi connectivity index (χ3v) is 0.805. The minimum atomic E-state index is -2.27. The topological polar surface area (TPSA) is 241 Å². The van der Waals surface area contributed by atoms with Gasteiger partial charge in [-0.25, -0.2) is 9.59 Å². The number of aliphatic hydroxyl groups excluding tert-OH is 2. The normalized spacial score (nSPS) is 10.5. The van der Waals surface area contributed by atoms with E-state index in [2.05, 4.69) is 0 Å². The molecule has 92 valence electrons. The van der Waals surface area contributed by atoms with Gasteiger partial charge in [0.15, 0.2) is 12.2 Å². The monoisotopic (exact) mass is 336 g/mol. The Morgan fingerprint density at radius 1 is 0.733 bits per heavy atom. The molecule has 0 aliphatic carbocycles. The van der Waals surface area contributed by atoms with Crippen LogP contribution in [0.15, 0.2) is 0 Å². The summed E-state index contributed by atoms with van der Waals surface area (Å²) in [5.74, 6) is -3.54. The molecule has 0 aromatic carbocycles. The van der Waals surface area contributed by atoms with Crippen LogP contribution in [-0.2, 0) is 36.9 Å². The molecule has 0 amide bonds. The molecule has 0 rings (SSSR count). The van der Waals surface area contributed by atoms with E-state index in [0.717, 1.165) is 0 Å². The fourth-order valence-corrected chi connectivity index (χ4v) is 0.270. The van der Waals surface area contributed by atoms with Crippen molar-refractivity contribution in [2.24, 2.45) is 0 Å². The molecule has 15 heavy (non-hydrogen) atoms. The molecule has 2 atom stereocenters. The molecule has 0 aliphatic rings. The van der Waals surface area contributed by atoms with Crippen molar-refractivity contribution in [3.05, 3.63) is 0 Å². The van der Waals surface area contributed by atoms with Gasteiger partial charge in [0.05, 0.1) is 0 Å². The van der Waals surface area contributed by atoms with E-state index < -0.39 is 24.1 Å². The third kappa shape index (κ3) is 13.6. The molecular formula is C4H14CdO10. The van der Waals surface area contributed by atoms with Gasteiger partial charge >= 0.3 is 11.9 Å². The van der Waals surface area contributed by atoms with E-state index in [1.54, 1.807) is 0 Å². The van der Waals surface area contributed by atoms with Crippen LogP contribution in [0.4, 0.5) is 0 Å². The van der Waals surface area contributed by atoms with E-state index in [-0.39, 0.29) is 49.2 Å². The van der Waals surface area contributed by atoms with Crippen LogP contribution in [0.3, 0.4) is 0 Å². The van der Waals surface area contributed by atoms with Crippen LogP contribution < -0.4 is 0 Å². The summed E-state index contributed by atoms with van der Waals surface area (Å²) in [6.07, 6.45) is -4.53. The number of aliphatic hydroxyl groups is 2. The van der Waals surface area contributed by atoms with E-state index in [9.17, 15) is 9.59 Å². The van der Waals surface area contributed by atoms with Gasteiger partial charge in [-0.3, -0.25) is 0 Å². The summed E-state index contributed by atoms with van der Waals surface area (Å²) in [6.45, 7) is 0. The van der Waals surface area contributed by atoms with Crippen molar-refractivity contribution in [2.45, 2.75) is 12.2 Å². The summed E-state index contributed by atoms with van der Waals surface area (Å²) in [5.41, 5.74) is 0. The maximum Gasteiger partial charge on any atom is 0.335 e. The zero-order valence-corrected chi connectivity index (χ0v) is 11.5. The third-order valence-electron chi connectivity index (χ3n) is 0.805. The average Bonchev–Trinajstić information content (AvgIpc) is 1.84. The molecule has 0 spiro atoms. The van der Waals surface area contributed by atoms with Gasteiger partial charge < -0.3 is 42.3 Å². The summed E-state index contributed by atoms with van der Waals surface area (Å²) in [6, 6.07) is 0. The Balaban J connectivity index is -0.0000000405. The predicted octanol–water partition coefficient (Wildman–Crippen LogP) is -5.42. The zero-order valence-electron chi connectivity index (χ0n) is 7.47. The summed E-state index contributed by atoms with van der Waals surface area (Å²) >= 11 is 0. The van der Waals surface area contributed by atoms with Crippen molar-refractivity contribution in [1.29, 1.82) is 0 Å². The first kappa shape index (κ1) is 36.5. The number of hydrogen-bond donors (Lipinski definition) is 4. The molecule has 0 aromatic heterocycles. The van der Waals surface area contributed by atoms with Gasteiger partial charge in [0, 0.05) is 27.3 Å². The standard InChI is InChI=1S/C4H6O6.Cd.4H2O/c5-1(3(7)8)2(6)4(9)10;;;;;/h1-2,5-6H,(H,7,8)(H,9,10);;4*1H2. The van der Waals surface area contributed by atoms with Crippen LogP contribution in [0.25, 0.3) is 0 Å². The number of carboxylic acids is 2. The van der Waals surface area contributed by atoms with E-state index in [4.69, 9.17) is 20.4 Å². The van der Waals surface area contributed by atoms with Crippen molar-refractivity contribution in [1.82, 2.24) is 0 Å². The van der Waals surface area contributed by atoms with Gasteiger partial charge in [0.2, 0.25) is 0 Å². The molecule has 0 fully saturated rings. The second kappa shape index (κ2) is 16.1. The number of hydrogen-bond acceptors (Lipinski definition) is 4. The number of carboxylic acid groups (broad SMARTS) is 2. The smallest absolute Gasteiger partial charge is 0.335 e. The summed E-state index contributed by atoms with van der Waals surface area (Å²) < 4.78 is 0. The largest absolute Gasteiger partial charge is 0.479 e. The van der Waals surface area contributed by atoms with Crippen molar-refractivity contribution in [3.8, 4) is 0 Å². The van der Waals surface area contributed by atoms with Crippen molar-refractivity contribution < 1.29 is 79.2 Å². The molecule has 10 nitrogen and oxygen atoms in total. The van der Waals surface area contributed by atoms with Crippen molar-refractivity contribution >= 4 is 11.9 Å². The molecule has 0 aromatic rings. The van der Waals surface area contributed by atoms with E-state index in [1.165, 1.54) is 0 Å². The average molecular weight is 335 g/mol. The first-order chi connectivity index (χ1) is 4.46. The number of carbonyl (C=O) groups is 2. The predicted molar refractivity (Wildman–Crippen MR) is 41.7 cm³/mol. The molecule has 0 heterocycles. The maximum atomic E-state index is 9.77. The van der Waals surface area contributed by atoms with Crippen LogP contribution in [0.1, 0.15) is 0 Å². The quantitative estimate of drug-likeness (QED) is 0.366. The minimum absolute atomic E-state index is 0. The zero-order chi connectivity index (χ0) is 8.31. The van der Waals surface area contributed by atoms with Gasteiger partial charge in [0.1, 0.15) is 0 Å². The minimum Gasteiger partial charge on any atom is -0.479 e. The maximum absolute atomic E-state index is 9.77. The van der Waals surface area contributed by atoms with Crippen LogP contribution in [0, 0.1) is 0 Å². The Morgan fingerprint density at radius 2 is 0.867 bits per heavy atom. The molecule has 12 N–H and O–H groups in total. The van der Waals surface area contributed by atoms with Crippen molar-refractivity contribution in [2.75, 3.05) is 0 Å². The van der Waals surface area contributed by atoms with Crippen LogP contribution >= 0.6 is 0 Å². The Bertz CT molecular complexity index is 142. The second-order valence-corrected chi connectivity index (χ2v) is 1.57. The Kier molecular flexibility index (Phi) is 39.1. The Morgan fingerprint density at radius 3 is 0.933 bits per heavy atom. The van der Waals surface area contributed by atoms with Gasteiger partial charge in [0.25, 0.3) is 0 Å². The fourth-order valence-electron chi connectivity index (χ4n) is 0.270. The summed E-state index contributed by atoms with van der Waals surface area (Å²) in [4.78, 5) is 19.5. The molecule has 0 saturated heterocycles. The summed E-state index contributed by atoms with van der Waals surface area (Å²) in [5, 5.41) is 32.5. The molecule has 11 heteroatoms. The van der Waals surface area contributed by atoms with Gasteiger partial charge in [-0.1, -0.05) is 0 Å². The van der Waals surface area contributed by atoms with Crippen LogP contribution in [0.5, 0.6) is 0 Å². The van der Waals surface area contributed by atoms with Gasteiger partial charge in [-0.2, -0.15) is 0 Å². The fraction of sp³-hybridized carbons (Fsp3) is 0.500. The molecule has 0 aliphatic heterocycles. The molecule has 0 saturated carbocycles. The Labute approximate surface area is 104 Å². The van der Waals surface area contributed by atoms with Gasteiger partial charge in [-0.15, -0.1) is 0 Å². The van der Waals surface area contributed by atoms with E-state index in [1.807, 2.05) is 0 Å². The first-order valence-electron chi connectivity index (χ1n) is 2.28. The second-order valence-electron chi connectivity index (χ2n) is 1.57. The SMILES string of the molecule is O.O.O.O.O=C(O)C(O)C(O)C(=O)O.[Cd]. The Hall–Kier alpha value is -0.378. The molecular weight excluding hydrogens is 320 g/mol. The van der Waals surface area contributed by atoms with E-state index >= 15 is 0 Å². The first-order valence-corrected chi connectivity index (χ1v) is 2.28. The number of aliphatic carboxylic acids is 2. The number of rotatable bonds is 3. The van der Waals surface area contributed by atoms with Crippen LogP contribution in [0.2, 0.25) is 0 Å². The molecule has 0 radical (unpaired) electrons. The van der Waals surface area contributed by atoms with Gasteiger partial charge in [-0.05, 0) is 0 Å². The van der Waals surface area contributed by atoms with Crippen molar-refractivity contribution in [3.63, 3.8) is 0 Å². The summed E-state index contributed by atoms with van der Waals surface area (Å²) in [7, 11) is 0. The molecule has 2 unspecified atom stereocenters. The molecule has 0 bridgehead atoms.